The smallest absolute Gasteiger partial charge is 0.238 e. The van der Waals surface area contributed by atoms with Gasteiger partial charge in [0, 0.05) is 15.8 Å². The monoisotopic (exact) mass is 349 g/mol. The quantitative estimate of drug-likeness (QED) is 0.640. The number of hydrogen-bond acceptors (Lipinski definition) is 5. The number of primary amides is 1. The standard InChI is InChI=1S/C16H19N3O2S2/c1-11(13-7-4-8-22-13)18-9-16(21)19-12-5-2-3-6-14(12)23-10-15(17)20/h2-8,11,18H,9-10H2,1H3,(H2,17,20)(H,19,21). The number of nitrogens with two attached hydrogens (primary N) is 1. The zero-order valence-corrected chi connectivity index (χ0v) is 14.4. The van der Waals surface area contributed by atoms with Crippen LogP contribution in [0.25, 0.3) is 0 Å². The highest BCUT2D eigenvalue weighted by molar-refractivity contribution is 8.00. The van der Waals surface area contributed by atoms with E-state index in [4.69, 9.17) is 5.73 Å². The number of amides is 2. The predicted molar refractivity (Wildman–Crippen MR) is 95.7 cm³/mol. The topological polar surface area (TPSA) is 84.2 Å². The van der Waals surface area contributed by atoms with E-state index >= 15 is 0 Å². The predicted octanol–water partition coefficient (Wildman–Crippen LogP) is 2.61. The summed E-state index contributed by atoms with van der Waals surface area (Å²) in [5.41, 5.74) is 5.85. The number of benzene rings is 1. The molecule has 1 aromatic carbocycles. The second kappa shape index (κ2) is 8.71. The fraction of sp³-hybridized carbons (Fsp3) is 0.250. The van der Waals surface area contributed by atoms with Gasteiger partial charge in [-0.15, -0.1) is 23.1 Å². The van der Waals surface area contributed by atoms with Crippen LogP contribution in [0.5, 0.6) is 0 Å². The van der Waals surface area contributed by atoms with Crippen molar-refractivity contribution >= 4 is 40.6 Å². The lowest BCUT2D eigenvalue weighted by atomic mass is 10.2. The summed E-state index contributed by atoms with van der Waals surface area (Å²) in [4.78, 5) is 25.0. The lowest BCUT2D eigenvalue weighted by molar-refractivity contribution is -0.116. The average Bonchev–Trinajstić information content (AvgIpc) is 3.06. The van der Waals surface area contributed by atoms with E-state index < -0.39 is 0 Å². The average molecular weight is 349 g/mol. The molecule has 4 N–H and O–H groups in total. The minimum atomic E-state index is -0.387. The summed E-state index contributed by atoms with van der Waals surface area (Å²) in [5.74, 6) is -0.330. The number of anilines is 1. The van der Waals surface area contributed by atoms with Crippen molar-refractivity contribution < 1.29 is 9.59 Å². The lowest BCUT2D eigenvalue weighted by Crippen LogP contribution is -2.30. The first-order valence-electron chi connectivity index (χ1n) is 7.13. The third-order valence-corrected chi connectivity index (χ3v) is 5.22. The molecule has 122 valence electrons. The number of para-hydroxylation sites is 1. The van der Waals surface area contributed by atoms with Gasteiger partial charge in [0.15, 0.2) is 0 Å². The maximum absolute atomic E-state index is 12.1. The fourth-order valence-electron chi connectivity index (χ4n) is 1.92. The van der Waals surface area contributed by atoms with Gasteiger partial charge in [0.1, 0.15) is 0 Å². The Morgan fingerprint density at radius 3 is 2.74 bits per heavy atom. The first-order valence-corrected chi connectivity index (χ1v) is 8.99. The van der Waals surface area contributed by atoms with Crippen LogP contribution in [0.3, 0.4) is 0 Å². The normalized spacial score (nSPS) is 11.9. The second-order valence-corrected chi connectivity index (χ2v) is 6.91. The molecule has 0 aliphatic rings. The van der Waals surface area contributed by atoms with Crippen LogP contribution in [0.1, 0.15) is 17.8 Å². The van der Waals surface area contributed by atoms with Gasteiger partial charge in [-0.3, -0.25) is 9.59 Å². The van der Waals surface area contributed by atoms with Crippen LogP contribution in [-0.2, 0) is 9.59 Å². The van der Waals surface area contributed by atoms with Crippen molar-refractivity contribution in [2.45, 2.75) is 17.9 Å². The van der Waals surface area contributed by atoms with Crippen molar-refractivity contribution in [2.24, 2.45) is 5.73 Å². The van der Waals surface area contributed by atoms with Gasteiger partial charge in [-0.1, -0.05) is 18.2 Å². The first kappa shape index (κ1) is 17.5. The number of carbonyl (C=O) groups excluding carboxylic acids is 2. The van der Waals surface area contributed by atoms with E-state index in [9.17, 15) is 9.59 Å². The molecule has 0 saturated heterocycles. The van der Waals surface area contributed by atoms with Gasteiger partial charge < -0.3 is 16.4 Å². The van der Waals surface area contributed by atoms with E-state index in [-0.39, 0.29) is 30.2 Å². The van der Waals surface area contributed by atoms with Crippen molar-refractivity contribution in [1.29, 1.82) is 0 Å². The second-order valence-electron chi connectivity index (χ2n) is 4.92. The van der Waals surface area contributed by atoms with Crippen LogP contribution in [0.2, 0.25) is 0 Å². The molecule has 2 rings (SSSR count). The Labute approximate surface area is 143 Å². The molecule has 2 amide bonds. The molecule has 0 saturated carbocycles. The lowest BCUT2D eigenvalue weighted by Gasteiger charge is -2.13. The van der Waals surface area contributed by atoms with Crippen LogP contribution in [0.15, 0.2) is 46.7 Å². The van der Waals surface area contributed by atoms with Gasteiger partial charge in [0.25, 0.3) is 0 Å². The summed E-state index contributed by atoms with van der Waals surface area (Å²) in [6.07, 6.45) is 0. The van der Waals surface area contributed by atoms with E-state index in [0.29, 0.717) is 5.69 Å². The maximum atomic E-state index is 12.1. The molecule has 1 heterocycles. The van der Waals surface area contributed by atoms with E-state index in [1.807, 2.05) is 48.7 Å². The van der Waals surface area contributed by atoms with Crippen molar-refractivity contribution in [3.63, 3.8) is 0 Å². The molecule has 2 aromatic rings. The van der Waals surface area contributed by atoms with Gasteiger partial charge in [-0.05, 0) is 30.5 Å². The molecule has 1 unspecified atom stereocenters. The molecule has 0 spiro atoms. The molecule has 5 nitrogen and oxygen atoms in total. The Bertz CT molecular complexity index is 659. The largest absolute Gasteiger partial charge is 0.369 e. The van der Waals surface area contributed by atoms with E-state index in [1.165, 1.54) is 16.6 Å². The summed E-state index contributed by atoms with van der Waals surface area (Å²) in [7, 11) is 0. The number of rotatable bonds is 8. The third-order valence-electron chi connectivity index (χ3n) is 3.07. The van der Waals surface area contributed by atoms with Crippen LogP contribution >= 0.6 is 23.1 Å². The summed E-state index contributed by atoms with van der Waals surface area (Å²) >= 11 is 2.97. The van der Waals surface area contributed by atoms with Gasteiger partial charge >= 0.3 is 0 Å². The summed E-state index contributed by atoms with van der Waals surface area (Å²) in [6, 6.07) is 11.5. The fourth-order valence-corrected chi connectivity index (χ4v) is 3.43. The Morgan fingerprint density at radius 2 is 2.04 bits per heavy atom. The zero-order valence-electron chi connectivity index (χ0n) is 12.7. The van der Waals surface area contributed by atoms with Crippen molar-refractivity contribution in [3.05, 3.63) is 46.7 Å². The number of nitrogens with one attached hydrogen (secondary N) is 2. The zero-order chi connectivity index (χ0) is 16.7. The number of thiophene rings is 1. The maximum Gasteiger partial charge on any atom is 0.238 e. The molecule has 1 aromatic heterocycles. The molecule has 1 atom stereocenters. The Balaban J connectivity index is 1.88. The molecular formula is C16H19N3O2S2. The Hall–Kier alpha value is -1.83. The van der Waals surface area contributed by atoms with E-state index in [1.54, 1.807) is 11.3 Å². The SMILES string of the molecule is CC(NCC(=O)Nc1ccccc1SCC(N)=O)c1cccs1. The highest BCUT2D eigenvalue weighted by Crippen LogP contribution is 2.26. The van der Waals surface area contributed by atoms with Gasteiger partial charge in [-0.25, -0.2) is 0 Å². The van der Waals surface area contributed by atoms with Gasteiger partial charge in [0.05, 0.1) is 18.0 Å². The van der Waals surface area contributed by atoms with Gasteiger partial charge in [-0.2, -0.15) is 0 Å². The van der Waals surface area contributed by atoms with Crippen molar-refractivity contribution in [3.8, 4) is 0 Å². The van der Waals surface area contributed by atoms with Crippen LogP contribution in [0.4, 0.5) is 5.69 Å². The molecule has 0 radical (unpaired) electrons. The van der Waals surface area contributed by atoms with E-state index in [0.717, 1.165) is 4.90 Å². The molecule has 7 heteroatoms. The number of thioether (sulfide) groups is 1. The summed E-state index contributed by atoms with van der Waals surface area (Å²) < 4.78 is 0. The van der Waals surface area contributed by atoms with Crippen LogP contribution in [0, 0.1) is 0 Å². The summed E-state index contributed by atoms with van der Waals surface area (Å²) in [6.45, 7) is 2.24. The van der Waals surface area contributed by atoms with Crippen LogP contribution < -0.4 is 16.4 Å². The molecule has 0 aliphatic carbocycles. The molecule has 0 aliphatic heterocycles. The minimum absolute atomic E-state index is 0.125. The molecular weight excluding hydrogens is 330 g/mol. The number of hydrogen-bond donors (Lipinski definition) is 3. The highest BCUT2D eigenvalue weighted by atomic mass is 32.2. The van der Waals surface area contributed by atoms with E-state index in [2.05, 4.69) is 10.6 Å². The number of carbonyl (C=O) groups is 2. The van der Waals surface area contributed by atoms with Crippen LogP contribution in [-0.4, -0.2) is 24.1 Å². The van der Waals surface area contributed by atoms with Crippen molar-refractivity contribution in [2.75, 3.05) is 17.6 Å². The third kappa shape index (κ3) is 5.70. The minimum Gasteiger partial charge on any atom is -0.369 e. The molecule has 0 bridgehead atoms. The molecule has 23 heavy (non-hydrogen) atoms. The first-order chi connectivity index (χ1) is 11.1. The summed E-state index contributed by atoms with van der Waals surface area (Å²) in [5, 5.41) is 8.07. The van der Waals surface area contributed by atoms with Gasteiger partial charge in [0.2, 0.25) is 11.8 Å². The Kier molecular flexibility index (Phi) is 6.64. The Morgan fingerprint density at radius 1 is 1.26 bits per heavy atom. The molecule has 0 fully saturated rings. The van der Waals surface area contributed by atoms with Crippen molar-refractivity contribution in [1.82, 2.24) is 5.32 Å². The highest BCUT2D eigenvalue weighted by Gasteiger charge is 2.11.